The van der Waals surface area contributed by atoms with Gasteiger partial charge in [-0.15, -0.1) is 11.3 Å². The predicted octanol–water partition coefficient (Wildman–Crippen LogP) is 5.06. The van der Waals surface area contributed by atoms with Gasteiger partial charge in [0.1, 0.15) is 4.83 Å². The maximum atomic E-state index is 2.29. The van der Waals surface area contributed by atoms with Crippen molar-refractivity contribution in [3.8, 4) is 11.1 Å². The van der Waals surface area contributed by atoms with Gasteiger partial charge in [-0.1, -0.05) is 48.5 Å². The number of thiophene rings is 1. The van der Waals surface area contributed by atoms with E-state index in [1.54, 1.807) is 0 Å². The predicted molar refractivity (Wildman–Crippen MR) is 83.7 cm³/mol. The molecular weight excluding hydrogens is 250 g/mol. The standard InChI is InChI=1S/C17H13NS/c1-18-15-10-6-5-9-13(15)16-14(11-19-17(16)18)12-7-3-2-4-8-12/h2-11H,1H3. The number of fused-ring (bicyclic) bond motifs is 3. The largest absolute Gasteiger partial charge is 0.335 e. The van der Waals surface area contributed by atoms with Crippen LogP contribution in [0.25, 0.3) is 32.2 Å². The highest BCUT2D eigenvalue weighted by molar-refractivity contribution is 7.17. The highest BCUT2D eigenvalue weighted by Crippen LogP contribution is 2.40. The van der Waals surface area contributed by atoms with Crippen LogP contribution in [-0.4, -0.2) is 4.57 Å². The van der Waals surface area contributed by atoms with Crippen molar-refractivity contribution in [2.75, 3.05) is 0 Å². The second kappa shape index (κ2) is 3.97. The molecule has 19 heavy (non-hydrogen) atoms. The summed E-state index contributed by atoms with van der Waals surface area (Å²) in [7, 11) is 2.15. The Hall–Kier alpha value is -2.06. The normalized spacial score (nSPS) is 11.4. The molecule has 92 valence electrons. The highest BCUT2D eigenvalue weighted by atomic mass is 32.1. The summed E-state index contributed by atoms with van der Waals surface area (Å²) in [4.78, 5) is 1.35. The average molecular weight is 263 g/mol. The van der Waals surface area contributed by atoms with E-state index in [1.807, 2.05) is 11.3 Å². The quantitative estimate of drug-likeness (QED) is 0.452. The van der Waals surface area contributed by atoms with Gasteiger partial charge >= 0.3 is 0 Å². The molecule has 0 spiro atoms. The van der Waals surface area contributed by atoms with E-state index in [-0.39, 0.29) is 0 Å². The number of aromatic nitrogens is 1. The van der Waals surface area contributed by atoms with Crippen LogP contribution < -0.4 is 0 Å². The lowest BCUT2D eigenvalue weighted by Crippen LogP contribution is -1.83. The molecule has 0 bridgehead atoms. The molecule has 0 saturated heterocycles. The van der Waals surface area contributed by atoms with E-state index in [4.69, 9.17) is 0 Å². The van der Waals surface area contributed by atoms with E-state index in [0.29, 0.717) is 0 Å². The van der Waals surface area contributed by atoms with Crippen molar-refractivity contribution in [2.45, 2.75) is 0 Å². The summed E-state index contributed by atoms with van der Waals surface area (Å²) in [6.45, 7) is 0. The van der Waals surface area contributed by atoms with Crippen LogP contribution in [0.5, 0.6) is 0 Å². The molecule has 0 amide bonds. The molecule has 0 aliphatic rings. The molecule has 4 rings (SSSR count). The number of hydrogen-bond acceptors (Lipinski definition) is 1. The van der Waals surface area contributed by atoms with Gasteiger partial charge in [0.2, 0.25) is 0 Å². The smallest absolute Gasteiger partial charge is 0.104 e. The monoisotopic (exact) mass is 263 g/mol. The van der Waals surface area contributed by atoms with E-state index in [0.717, 1.165) is 0 Å². The van der Waals surface area contributed by atoms with Crippen LogP contribution >= 0.6 is 11.3 Å². The Morgan fingerprint density at radius 1 is 0.895 bits per heavy atom. The van der Waals surface area contributed by atoms with Crippen molar-refractivity contribution in [1.29, 1.82) is 0 Å². The third-order valence-corrected chi connectivity index (χ3v) is 4.75. The van der Waals surface area contributed by atoms with E-state index in [9.17, 15) is 0 Å². The van der Waals surface area contributed by atoms with Crippen LogP contribution in [0.15, 0.2) is 60.0 Å². The zero-order valence-electron chi connectivity index (χ0n) is 10.6. The minimum atomic E-state index is 1.30. The summed E-state index contributed by atoms with van der Waals surface area (Å²) in [5.41, 5.74) is 3.95. The van der Waals surface area contributed by atoms with E-state index >= 15 is 0 Å². The zero-order chi connectivity index (χ0) is 12.8. The van der Waals surface area contributed by atoms with Crippen LogP contribution in [-0.2, 0) is 7.05 Å². The van der Waals surface area contributed by atoms with Crippen LogP contribution in [0.3, 0.4) is 0 Å². The minimum absolute atomic E-state index is 1.30. The van der Waals surface area contributed by atoms with Crippen LogP contribution in [0.1, 0.15) is 0 Å². The number of para-hydroxylation sites is 1. The average Bonchev–Trinajstić information content (AvgIpc) is 3.02. The van der Waals surface area contributed by atoms with E-state index in [1.165, 1.54) is 32.2 Å². The Morgan fingerprint density at radius 3 is 2.47 bits per heavy atom. The first-order chi connectivity index (χ1) is 9.36. The van der Waals surface area contributed by atoms with Gasteiger partial charge in [0.25, 0.3) is 0 Å². The lowest BCUT2D eigenvalue weighted by Gasteiger charge is -1.98. The minimum Gasteiger partial charge on any atom is -0.335 e. The zero-order valence-corrected chi connectivity index (χ0v) is 11.4. The topological polar surface area (TPSA) is 4.93 Å². The number of aryl methyl sites for hydroxylation is 1. The Bertz CT molecular complexity index is 868. The fraction of sp³-hybridized carbons (Fsp3) is 0.0588. The Morgan fingerprint density at radius 2 is 1.63 bits per heavy atom. The van der Waals surface area contributed by atoms with Gasteiger partial charge in [-0.3, -0.25) is 0 Å². The fourth-order valence-electron chi connectivity index (χ4n) is 2.77. The summed E-state index contributed by atoms with van der Waals surface area (Å²) in [5, 5.41) is 5.00. The van der Waals surface area contributed by atoms with Gasteiger partial charge in [0.05, 0.1) is 0 Å². The second-order valence-corrected chi connectivity index (χ2v) is 5.63. The van der Waals surface area contributed by atoms with Crippen molar-refractivity contribution >= 4 is 32.5 Å². The maximum Gasteiger partial charge on any atom is 0.104 e. The SMILES string of the molecule is Cn1c2ccccc2c2c(-c3ccccc3)csc21. The molecule has 0 radical (unpaired) electrons. The molecule has 0 saturated carbocycles. The Kier molecular flexibility index (Phi) is 2.26. The molecule has 4 aromatic rings. The summed E-state index contributed by atoms with van der Waals surface area (Å²) < 4.78 is 2.29. The fourth-order valence-corrected chi connectivity index (χ4v) is 3.85. The number of nitrogens with zero attached hydrogens (tertiary/aromatic N) is 1. The number of rotatable bonds is 1. The molecule has 2 aromatic carbocycles. The van der Waals surface area contributed by atoms with Gasteiger partial charge in [-0.2, -0.15) is 0 Å². The highest BCUT2D eigenvalue weighted by Gasteiger charge is 2.14. The van der Waals surface area contributed by atoms with Crippen molar-refractivity contribution in [2.24, 2.45) is 7.05 Å². The Labute approximate surface area is 115 Å². The molecule has 0 aliphatic heterocycles. The third-order valence-electron chi connectivity index (χ3n) is 3.70. The van der Waals surface area contributed by atoms with Gasteiger partial charge in [-0.25, -0.2) is 0 Å². The van der Waals surface area contributed by atoms with Crippen LogP contribution in [0.2, 0.25) is 0 Å². The lowest BCUT2D eigenvalue weighted by molar-refractivity contribution is 1.02. The molecular formula is C17H13NS. The van der Waals surface area contributed by atoms with Crippen molar-refractivity contribution in [3.05, 3.63) is 60.0 Å². The van der Waals surface area contributed by atoms with Crippen molar-refractivity contribution in [3.63, 3.8) is 0 Å². The number of hydrogen-bond donors (Lipinski definition) is 0. The van der Waals surface area contributed by atoms with Gasteiger partial charge < -0.3 is 4.57 Å². The van der Waals surface area contributed by atoms with Crippen LogP contribution in [0, 0.1) is 0 Å². The summed E-state index contributed by atoms with van der Waals surface area (Å²) in [5.74, 6) is 0. The summed E-state index contributed by atoms with van der Waals surface area (Å²) in [6.07, 6.45) is 0. The lowest BCUT2D eigenvalue weighted by atomic mass is 10.0. The maximum absolute atomic E-state index is 2.29. The molecule has 1 nitrogen and oxygen atoms in total. The first-order valence-electron chi connectivity index (χ1n) is 6.36. The third kappa shape index (κ3) is 1.47. The molecule has 0 N–H and O–H groups in total. The first-order valence-corrected chi connectivity index (χ1v) is 7.24. The molecule has 0 fully saturated rings. The Balaban J connectivity index is 2.17. The van der Waals surface area contributed by atoms with Crippen molar-refractivity contribution < 1.29 is 0 Å². The number of benzene rings is 2. The first kappa shape index (κ1) is 10.8. The van der Waals surface area contributed by atoms with Crippen LogP contribution in [0.4, 0.5) is 0 Å². The molecule has 0 unspecified atom stereocenters. The molecule has 0 aliphatic carbocycles. The second-order valence-electron chi connectivity index (χ2n) is 4.77. The molecule has 2 heteroatoms. The van der Waals surface area contributed by atoms with Gasteiger partial charge in [-0.05, 0) is 11.6 Å². The van der Waals surface area contributed by atoms with E-state index in [2.05, 4.69) is 71.6 Å². The molecule has 2 aromatic heterocycles. The molecule has 0 atom stereocenters. The van der Waals surface area contributed by atoms with E-state index < -0.39 is 0 Å². The van der Waals surface area contributed by atoms with Crippen molar-refractivity contribution in [1.82, 2.24) is 4.57 Å². The summed E-state index contributed by atoms with van der Waals surface area (Å²) in [6, 6.07) is 19.3. The van der Waals surface area contributed by atoms with Gasteiger partial charge in [0.15, 0.2) is 0 Å². The summed E-state index contributed by atoms with van der Waals surface area (Å²) >= 11 is 1.82. The molecule has 2 heterocycles. The van der Waals surface area contributed by atoms with Gasteiger partial charge in [0, 0.05) is 34.3 Å².